The molecule has 7 heteroatoms. The quantitative estimate of drug-likeness (QED) is 0.412. The highest BCUT2D eigenvalue weighted by Gasteiger charge is 2.19. The summed E-state index contributed by atoms with van der Waals surface area (Å²) >= 11 is 1.48. The fourth-order valence-electron chi connectivity index (χ4n) is 2.73. The van der Waals surface area contributed by atoms with Gasteiger partial charge in [-0.25, -0.2) is 19.3 Å². The third-order valence-corrected chi connectivity index (χ3v) is 4.46. The predicted octanol–water partition coefficient (Wildman–Crippen LogP) is 4.02. The predicted molar refractivity (Wildman–Crippen MR) is 95.9 cm³/mol. The number of hydrogen-bond acceptors (Lipinski definition) is 5. The minimum Gasteiger partial charge on any atom is -0.295 e. The zero-order chi connectivity index (χ0) is 17.4. The number of aryl methyl sites for hydroxylation is 1. The fourth-order valence-corrected chi connectivity index (χ4v) is 3.08. The summed E-state index contributed by atoms with van der Waals surface area (Å²) in [5, 5.41) is 0.684. The lowest BCUT2D eigenvalue weighted by Gasteiger charge is -2.06. The Labute approximate surface area is 148 Å². The van der Waals surface area contributed by atoms with Crippen LogP contribution < -0.4 is 0 Å². The molecule has 0 bridgehead atoms. The molecule has 0 aliphatic carbocycles. The first-order valence-electron chi connectivity index (χ1n) is 7.64. The van der Waals surface area contributed by atoms with Gasteiger partial charge < -0.3 is 0 Å². The Balaban J connectivity index is 2.04. The van der Waals surface area contributed by atoms with Crippen LogP contribution in [0.3, 0.4) is 0 Å². The Morgan fingerprint density at radius 1 is 1.00 bits per heavy atom. The minimum atomic E-state index is -0.279. The Bertz CT molecular complexity index is 1060. The van der Waals surface area contributed by atoms with Crippen LogP contribution in [0.1, 0.15) is 5.69 Å². The zero-order valence-electron chi connectivity index (χ0n) is 13.6. The minimum absolute atomic E-state index is 0.279. The maximum Gasteiger partial charge on any atom is 0.187 e. The first-order chi connectivity index (χ1) is 12.2. The average Bonchev–Trinajstić information content (AvgIpc) is 3.03. The number of imidazole rings is 1. The number of hydrogen-bond donors (Lipinski definition) is 0. The second kappa shape index (κ2) is 6.25. The van der Waals surface area contributed by atoms with Gasteiger partial charge in [-0.2, -0.15) is 0 Å². The molecular formula is C18H14FN5S. The molecule has 0 aliphatic heterocycles. The molecule has 0 spiro atoms. The Morgan fingerprint density at radius 2 is 1.80 bits per heavy atom. The van der Waals surface area contributed by atoms with Crippen molar-refractivity contribution in [3.63, 3.8) is 0 Å². The summed E-state index contributed by atoms with van der Waals surface area (Å²) in [6.45, 7) is 1.91. The molecule has 0 fully saturated rings. The van der Waals surface area contributed by atoms with Gasteiger partial charge in [0.2, 0.25) is 0 Å². The molecule has 0 saturated carbocycles. The highest BCUT2D eigenvalue weighted by molar-refractivity contribution is 7.98. The third kappa shape index (κ3) is 2.76. The maximum absolute atomic E-state index is 13.3. The van der Waals surface area contributed by atoms with E-state index in [2.05, 4.69) is 15.0 Å². The zero-order valence-corrected chi connectivity index (χ0v) is 14.5. The number of halogens is 1. The average molecular weight is 351 g/mol. The van der Waals surface area contributed by atoms with E-state index in [0.29, 0.717) is 5.16 Å². The van der Waals surface area contributed by atoms with E-state index < -0.39 is 0 Å². The lowest BCUT2D eigenvalue weighted by atomic mass is 10.1. The topological polar surface area (TPSA) is 56.0 Å². The molecule has 4 aromatic rings. The van der Waals surface area contributed by atoms with Crippen molar-refractivity contribution in [2.24, 2.45) is 0 Å². The van der Waals surface area contributed by atoms with E-state index in [1.165, 1.54) is 23.9 Å². The normalized spacial score (nSPS) is 11.2. The van der Waals surface area contributed by atoms with Gasteiger partial charge in [-0.15, -0.1) is 0 Å². The molecule has 5 nitrogen and oxygen atoms in total. The second-order valence-corrected chi connectivity index (χ2v) is 6.22. The van der Waals surface area contributed by atoms with Crippen LogP contribution in [-0.4, -0.2) is 30.6 Å². The molecular weight excluding hydrogens is 337 g/mol. The SMILES string of the molecule is CSc1nccc(-c2c(-c3ccc(F)cc3)nc3c(C)nccn23)n1. The number of thioether (sulfide) groups is 1. The van der Waals surface area contributed by atoms with Crippen LogP contribution in [0, 0.1) is 12.7 Å². The summed E-state index contributed by atoms with van der Waals surface area (Å²) in [5.41, 5.74) is 4.73. The molecule has 4 rings (SSSR count). The Hall–Kier alpha value is -2.80. The molecule has 3 heterocycles. The van der Waals surface area contributed by atoms with Crippen molar-refractivity contribution in [2.45, 2.75) is 12.1 Å². The molecule has 0 atom stereocenters. The summed E-state index contributed by atoms with van der Waals surface area (Å²) < 4.78 is 15.3. The number of aromatic nitrogens is 5. The van der Waals surface area contributed by atoms with E-state index in [4.69, 9.17) is 4.98 Å². The number of nitrogens with zero attached hydrogens (tertiary/aromatic N) is 5. The van der Waals surface area contributed by atoms with Gasteiger partial charge in [0.15, 0.2) is 10.8 Å². The van der Waals surface area contributed by atoms with Gasteiger partial charge in [-0.05, 0) is 43.5 Å². The Morgan fingerprint density at radius 3 is 2.56 bits per heavy atom. The summed E-state index contributed by atoms with van der Waals surface area (Å²) in [5.74, 6) is -0.279. The number of rotatable bonds is 3. The number of benzene rings is 1. The number of fused-ring (bicyclic) bond motifs is 1. The van der Waals surface area contributed by atoms with Gasteiger partial charge in [0, 0.05) is 24.2 Å². The van der Waals surface area contributed by atoms with Crippen LogP contribution in [0.2, 0.25) is 0 Å². The van der Waals surface area contributed by atoms with Gasteiger partial charge in [-0.3, -0.25) is 9.38 Å². The van der Waals surface area contributed by atoms with Gasteiger partial charge in [0.05, 0.1) is 22.8 Å². The van der Waals surface area contributed by atoms with Crippen LogP contribution in [-0.2, 0) is 0 Å². The molecule has 0 aliphatic rings. The highest BCUT2D eigenvalue weighted by Crippen LogP contribution is 2.32. The first-order valence-corrected chi connectivity index (χ1v) is 8.87. The largest absolute Gasteiger partial charge is 0.295 e. The van der Waals surface area contributed by atoms with Crippen LogP contribution in [0.4, 0.5) is 4.39 Å². The van der Waals surface area contributed by atoms with Gasteiger partial charge in [0.1, 0.15) is 5.82 Å². The molecule has 25 heavy (non-hydrogen) atoms. The maximum atomic E-state index is 13.3. The van der Waals surface area contributed by atoms with Gasteiger partial charge >= 0.3 is 0 Å². The summed E-state index contributed by atoms with van der Waals surface area (Å²) in [7, 11) is 0. The van der Waals surface area contributed by atoms with Crippen molar-refractivity contribution in [3.8, 4) is 22.6 Å². The van der Waals surface area contributed by atoms with Crippen molar-refractivity contribution in [1.82, 2.24) is 24.3 Å². The van der Waals surface area contributed by atoms with Crippen LogP contribution in [0.15, 0.2) is 54.1 Å². The van der Waals surface area contributed by atoms with Gasteiger partial charge in [0.25, 0.3) is 0 Å². The van der Waals surface area contributed by atoms with Crippen LogP contribution >= 0.6 is 11.8 Å². The fraction of sp³-hybridized carbons (Fsp3) is 0.111. The monoisotopic (exact) mass is 351 g/mol. The molecule has 1 aromatic carbocycles. The van der Waals surface area contributed by atoms with Crippen molar-refractivity contribution in [2.75, 3.05) is 6.26 Å². The van der Waals surface area contributed by atoms with Crippen molar-refractivity contribution in [1.29, 1.82) is 0 Å². The van der Waals surface area contributed by atoms with E-state index >= 15 is 0 Å². The van der Waals surface area contributed by atoms with E-state index in [-0.39, 0.29) is 5.82 Å². The lowest BCUT2D eigenvalue weighted by Crippen LogP contribution is -1.96. The first kappa shape index (κ1) is 15.7. The molecule has 0 unspecified atom stereocenters. The van der Waals surface area contributed by atoms with Crippen molar-refractivity contribution in [3.05, 3.63) is 60.4 Å². The molecule has 0 amide bonds. The summed E-state index contributed by atoms with van der Waals surface area (Å²) in [6, 6.07) is 8.16. The Kier molecular flexibility index (Phi) is 3.93. The van der Waals surface area contributed by atoms with Crippen molar-refractivity contribution < 1.29 is 4.39 Å². The van der Waals surface area contributed by atoms with E-state index in [9.17, 15) is 4.39 Å². The molecule has 0 N–H and O–H groups in total. The molecule has 3 aromatic heterocycles. The standard InChI is InChI=1S/C18H14FN5S/c1-11-17-23-15(12-3-5-13(19)6-4-12)16(24(17)10-9-20-11)14-7-8-21-18(22-14)25-2/h3-10H,1-2H3. The highest BCUT2D eigenvalue weighted by atomic mass is 32.2. The van der Waals surface area contributed by atoms with E-state index in [1.54, 1.807) is 24.5 Å². The molecule has 0 saturated heterocycles. The molecule has 0 radical (unpaired) electrons. The second-order valence-electron chi connectivity index (χ2n) is 5.45. The van der Waals surface area contributed by atoms with Gasteiger partial charge in [-0.1, -0.05) is 11.8 Å². The van der Waals surface area contributed by atoms with Crippen LogP contribution in [0.25, 0.3) is 28.3 Å². The lowest BCUT2D eigenvalue weighted by molar-refractivity contribution is 0.628. The molecule has 124 valence electrons. The van der Waals surface area contributed by atoms with E-state index in [1.807, 2.05) is 29.8 Å². The van der Waals surface area contributed by atoms with E-state index in [0.717, 1.165) is 34.0 Å². The third-order valence-electron chi connectivity index (χ3n) is 3.89. The smallest absolute Gasteiger partial charge is 0.187 e. The van der Waals surface area contributed by atoms with Crippen LogP contribution in [0.5, 0.6) is 0 Å². The van der Waals surface area contributed by atoms with Crippen molar-refractivity contribution >= 4 is 17.4 Å². The summed E-state index contributed by atoms with van der Waals surface area (Å²) in [4.78, 5) is 17.9. The summed E-state index contributed by atoms with van der Waals surface area (Å²) in [6.07, 6.45) is 7.26.